The van der Waals surface area contributed by atoms with E-state index in [0.29, 0.717) is 37.2 Å². The van der Waals surface area contributed by atoms with Crippen LogP contribution in [0.15, 0.2) is 24.3 Å². The molecule has 1 unspecified atom stereocenters. The Morgan fingerprint density at radius 3 is 2.64 bits per heavy atom. The molecule has 0 bridgehead atoms. The van der Waals surface area contributed by atoms with Gasteiger partial charge in [-0.15, -0.1) is 0 Å². The van der Waals surface area contributed by atoms with Crippen molar-refractivity contribution in [1.82, 2.24) is 4.72 Å². The second-order valence-corrected chi connectivity index (χ2v) is 7.71. The summed E-state index contributed by atoms with van der Waals surface area (Å²) in [7, 11) is -1.81. The molecule has 1 aromatic rings. The van der Waals surface area contributed by atoms with Crippen LogP contribution in [-0.4, -0.2) is 39.3 Å². The van der Waals surface area contributed by atoms with E-state index in [9.17, 15) is 13.2 Å². The summed E-state index contributed by atoms with van der Waals surface area (Å²) < 4.78 is 32.0. The third-order valence-electron chi connectivity index (χ3n) is 4.08. The number of piperidine rings is 1. The third-order valence-corrected chi connectivity index (χ3v) is 6.05. The molecule has 1 saturated heterocycles. The van der Waals surface area contributed by atoms with Crippen LogP contribution in [0.25, 0.3) is 0 Å². The SMILES string of the molecule is COc1ccccc1N1CCCC(NS(=O)(=O)C2CC2)C1=O. The van der Waals surface area contributed by atoms with E-state index in [0.717, 1.165) is 6.42 Å². The molecule has 1 atom stereocenters. The minimum absolute atomic E-state index is 0.208. The molecule has 0 spiro atoms. The standard InChI is InChI=1S/C15H20N2O4S/c1-21-14-7-3-2-6-13(14)17-10-4-5-12(15(17)18)16-22(19,20)11-8-9-11/h2-3,6-7,11-12,16H,4-5,8-10H2,1H3. The Bertz CT molecular complexity index is 670. The Hall–Kier alpha value is -1.60. The van der Waals surface area contributed by atoms with Gasteiger partial charge in [-0.2, -0.15) is 0 Å². The monoisotopic (exact) mass is 324 g/mol. The highest BCUT2D eigenvalue weighted by Crippen LogP contribution is 2.32. The molecule has 1 amide bonds. The van der Waals surface area contributed by atoms with E-state index in [1.54, 1.807) is 18.1 Å². The number of amides is 1. The number of hydrogen-bond acceptors (Lipinski definition) is 4. The highest BCUT2D eigenvalue weighted by atomic mass is 32.2. The second-order valence-electron chi connectivity index (χ2n) is 5.72. The summed E-state index contributed by atoms with van der Waals surface area (Å²) in [5, 5.41) is -0.318. The van der Waals surface area contributed by atoms with Crippen molar-refractivity contribution in [3.05, 3.63) is 24.3 Å². The topological polar surface area (TPSA) is 75.7 Å². The number of sulfonamides is 1. The Labute approximate surface area is 130 Å². The Morgan fingerprint density at radius 2 is 1.95 bits per heavy atom. The van der Waals surface area contributed by atoms with Crippen LogP contribution < -0.4 is 14.4 Å². The van der Waals surface area contributed by atoms with Crippen LogP contribution in [0.5, 0.6) is 5.75 Å². The van der Waals surface area contributed by atoms with Gasteiger partial charge in [0, 0.05) is 6.54 Å². The molecule has 1 aliphatic carbocycles. The summed E-state index contributed by atoms with van der Waals surface area (Å²) in [5.41, 5.74) is 0.685. The van der Waals surface area contributed by atoms with Crippen LogP contribution in [0.4, 0.5) is 5.69 Å². The van der Waals surface area contributed by atoms with E-state index < -0.39 is 16.1 Å². The summed E-state index contributed by atoms with van der Waals surface area (Å²) in [5.74, 6) is 0.404. The van der Waals surface area contributed by atoms with Gasteiger partial charge in [-0.3, -0.25) is 4.79 Å². The molecule has 1 heterocycles. The van der Waals surface area contributed by atoms with Gasteiger partial charge >= 0.3 is 0 Å². The lowest BCUT2D eigenvalue weighted by Gasteiger charge is -2.33. The van der Waals surface area contributed by atoms with Crippen LogP contribution in [0.1, 0.15) is 25.7 Å². The number of nitrogens with zero attached hydrogens (tertiary/aromatic N) is 1. The Morgan fingerprint density at radius 1 is 1.23 bits per heavy atom. The lowest BCUT2D eigenvalue weighted by molar-refractivity contribution is -0.121. The third kappa shape index (κ3) is 2.96. The fraction of sp³-hybridized carbons (Fsp3) is 0.533. The number of nitrogens with one attached hydrogen (secondary N) is 1. The molecular formula is C15H20N2O4S. The highest BCUT2D eigenvalue weighted by molar-refractivity contribution is 7.90. The molecule has 2 aliphatic rings. The normalized spacial score (nSPS) is 22.7. The number of hydrogen-bond donors (Lipinski definition) is 1. The molecule has 1 aromatic carbocycles. The zero-order valence-corrected chi connectivity index (χ0v) is 13.3. The van der Waals surface area contributed by atoms with Crippen molar-refractivity contribution in [2.24, 2.45) is 0 Å². The number of carbonyl (C=O) groups is 1. The van der Waals surface area contributed by atoms with Crippen LogP contribution in [0, 0.1) is 0 Å². The summed E-state index contributed by atoms with van der Waals surface area (Å²) in [4.78, 5) is 14.3. The molecule has 7 heteroatoms. The predicted octanol–water partition coefficient (Wildman–Crippen LogP) is 1.27. The first kappa shape index (κ1) is 15.3. The first-order valence-corrected chi connectivity index (χ1v) is 9.03. The van der Waals surface area contributed by atoms with Gasteiger partial charge in [0.2, 0.25) is 15.9 Å². The number of anilines is 1. The molecule has 0 radical (unpaired) electrons. The van der Waals surface area contributed by atoms with Gasteiger partial charge in [0.25, 0.3) is 0 Å². The molecule has 3 rings (SSSR count). The van der Waals surface area contributed by atoms with E-state index in [2.05, 4.69) is 4.72 Å². The van der Waals surface area contributed by atoms with Gasteiger partial charge in [0.05, 0.1) is 18.0 Å². The van der Waals surface area contributed by atoms with E-state index >= 15 is 0 Å². The predicted molar refractivity (Wildman–Crippen MR) is 83.4 cm³/mol. The number of ether oxygens (including phenoxy) is 1. The fourth-order valence-electron chi connectivity index (χ4n) is 2.75. The molecule has 6 nitrogen and oxygen atoms in total. The fourth-order valence-corrected chi connectivity index (χ4v) is 4.31. The molecule has 1 N–H and O–H groups in total. The quantitative estimate of drug-likeness (QED) is 0.885. The van der Waals surface area contributed by atoms with Crippen LogP contribution in [0.3, 0.4) is 0 Å². The molecular weight excluding hydrogens is 304 g/mol. The Balaban J connectivity index is 1.80. The zero-order valence-electron chi connectivity index (χ0n) is 12.5. The van der Waals surface area contributed by atoms with E-state index in [4.69, 9.17) is 4.74 Å². The molecule has 1 saturated carbocycles. The van der Waals surface area contributed by atoms with Gasteiger partial charge < -0.3 is 9.64 Å². The number of para-hydroxylation sites is 2. The number of methoxy groups -OCH3 is 1. The largest absolute Gasteiger partial charge is 0.495 e. The van der Waals surface area contributed by atoms with E-state index in [1.807, 2.05) is 18.2 Å². The number of carbonyl (C=O) groups excluding carboxylic acids is 1. The van der Waals surface area contributed by atoms with Crippen molar-refractivity contribution >= 4 is 21.6 Å². The van der Waals surface area contributed by atoms with Gasteiger partial charge in [-0.05, 0) is 37.8 Å². The first-order valence-electron chi connectivity index (χ1n) is 7.48. The summed E-state index contributed by atoms with van der Waals surface area (Å²) >= 11 is 0. The van der Waals surface area contributed by atoms with Crippen LogP contribution in [0.2, 0.25) is 0 Å². The summed E-state index contributed by atoms with van der Waals surface area (Å²) in [6, 6.07) is 6.60. The van der Waals surface area contributed by atoms with Crippen molar-refractivity contribution in [3.63, 3.8) is 0 Å². The maximum absolute atomic E-state index is 12.7. The minimum atomic E-state index is -3.37. The summed E-state index contributed by atoms with van der Waals surface area (Å²) in [6.45, 7) is 0.570. The van der Waals surface area contributed by atoms with Crippen molar-refractivity contribution < 1.29 is 17.9 Å². The maximum atomic E-state index is 12.7. The van der Waals surface area contributed by atoms with Crippen molar-refractivity contribution in [1.29, 1.82) is 0 Å². The summed E-state index contributed by atoms with van der Waals surface area (Å²) in [6.07, 6.45) is 2.66. The first-order chi connectivity index (χ1) is 10.5. The van der Waals surface area contributed by atoms with Crippen molar-refractivity contribution in [2.45, 2.75) is 37.0 Å². The lowest BCUT2D eigenvalue weighted by atomic mass is 10.0. The lowest BCUT2D eigenvalue weighted by Crippen LogP contribution is -2.53. The van der Waals surface area contributed by atoms with Gasteiger partial charge in [-0.25, -0.2) is 13.1 Å². The van der Waals surface area contributed by atoms with Crippen LogP contribution in [-0.2, 0) is 14.8 Å². The number of rotatable bonds is 5. The Kier molecular flexibility index (Phi) is 4.10. The van der Waals surface area contributed by atoms with E-state index in [1.165, 1.54) is 0 Å². The molecule has 0 aromatic heterocycles. The van der Waals surface area contributed by atoms with E-state index in [-0.39, 0.29) is 11.2 Å². The van der Waals surface area contributed by atoms with Gasteiger partial charge in [0.1, 0.15) is 11.8 Å². The molecule has 1 aliphatic heterocycles. The van der Waals surface area contributed by atoms with Gasteiger partial charge in [0.15, 0.2) is 0 Å². The van der Waals surface area contributed by atoms with Gasteiger partial charge in [-0.1, -0.05) is 12.1 Å². The average Bonchev–Trinajstić information content (AvgIpc) is 3.34. The van der Waals surface area contributed by atoms with Crippen molar-refractivity contribution in [3.8, 4) is 5.75 Å². The average molecular weight is 324 g/mol. The molecule has 2 fully saturated rings. The molecule has 22 heavy (non-hydrogen) atoms. The number of benzene rings is 1. The minimum Gasteiger partial charge on any atom is -0.495 e. The second kappa shape index (κ2) is 5.89. The van der Waals surface area contributed by atoms with Crippen LogP contribution >= 0.6 is 0 Å². The smallest absolute Gasteiger partial charge is 0.245 e. The highest BCUT2D eigenvalue weighted by Gasteiger charge is 2.40. The zero-order chi connectivity index (χ0) is 15.7. The molecule has 120 valence electrons. The maximum Gasteiger partial charge on any atom is 0.245 e. The van der Waals surface area contributed by atoms with Crippen molar-refractivity contribution in [2.75, 3.05) is 18.6 Å².